The third kappa shape index (κ3) is 2.71. The van der Waals surface area contributed by atoms with E-state index in [2.05, 4.69) is 0 Å². The number of nitrogens with two attached hydrogens (primary N) is 1. The Labute approximate surface area is 87.3 Å². The number of carbonyl (C=O) groups is 1. The molecule has 6 heteroatoms. The van der Waals surface area contributed by atoms with Crippen molar-refractivity contribution in [1.29, 1.82) is 0 Å². The number of carboxylic acid groups (broad SMARTS) is 1. The fraction of sp³-hybridized carbons (Fsp3) is 0.222. The minimum atomic E-state index is -1.64. The van der Waals surface area contributed by atoms with E-state index in [-0.39, 0.29) is 11.9 Å². The lowest BCUT2D eigenvalue weighted by Gasteiger charge is -2.10. The molecule has 15 heavy (non-hydrogen) atoms. The van der Waals surface area contributed by atoms with Crippen molar-refractivity contribution in [2.45, 2.75) is 13.3 Å². The average molecular weight is 209 g/mol. The highest BCUT2D eigenvalue weighted by Gasteiger charge is 2.17. The van der Waals surface area contributed by atoms with E-state index in [4.69, 9.17) is 20.9 Å². The first-order valence-electron chi connectivity index (χ1n) is 4.38. The smallest absolute Gasteiger partial charge is 0.481 e. The molecule has 5 nitrogen and oxygen atoms in total. The predicted octanol–water partition coefficient (Wildman–Crippen LogP) is -1.12. The number of hydrogen-bond donors (Lipinski definition) is 4. The molecule has 0 radical (unpaired) electrons. The number of benzene rings is 1. The fourth-order valence-electron chi connectivity index (χ4n) is 1.44. The van der Waals surface area contributed by atoms with E-state index in [9.17, 15) is 4.79 Å². The lowest BCUT2D eigenvalue weighted by atomic mass is 9.75. The molecule has 0 heterocycles. The van der Waals surface area contributed by atoms with Gasteiger partial charge in [0, 0.05) is 5.69 Å². The summed E-state index contributed by atoms with van der Waals surface area (Å²) in [6, 6.07) is 2.95. The SMILES string of the molecule is Cc1c(CC(=O)O)cc(N)cc1B(O)O. The Morgan fingerprint density at radius 2 is 2.07 bits per heavy atom. The second-order valence-corrected chi connectivity index (χ2v) is 3.34. The maximum absolute atomic E-state index is 10.5. The van der Waals surface area contributed by atoms with Crippen LogP contribution in [-0.4, -0.2) is 28.2 Å². The van der Waals surface area contributed by atoms with Crippen molar-refractivity contribution in [2.75, 3.05) is 5.73 Å². The van der Waals surface area contributed by atoms with Gasteiger partial charge in [-0.3, -0.25) is 4.79 Å². The summed E-state index contributed by atoms with van der Waals surface area (Å²) in [5, 5.41) is 26.7. The summed E-state index contributed by atoms with van der Waals surface area (Å²) in [6.07, 6.45) is -0.184. The minimum Gasteiger partial charge on any atom is -0.481 e. The van der Waals surface area contributed by atoms with Gasteiger partial charge in [0.2, 0.25) is 0 Å². The lowest BCUT2D eigenvalue weighted by Crippen LogP contribution is -2.33. The van der Waals surface area contributed by atoms with Crippen molar-refractivity contribution in [3.8, 4) is 0 Å². The van der Waals surface area contributed by atoms with Gasteiger partial charge in [0.1, 0.15) is 0 Å². The lowest BCUT2D eigenvalue weighted by molar-refractivity contribution is -0.136. The summed E-state index contributed by atoms with van der Waals surface area (Å²) in [5.41, 5.74) is 7.12. The van der Waals surface area contributed by atoms with Gasteiger partial charge in [0.15, 0.2) is 0 Å². The number of aliphatic carboxylic acids is 1. The third-order valence-electron chi connectivity index (χ3n) is 2.20. The molecule has 5 N–H and O–H groups in total. The van der Waals surface area contributed by atoms with Crippen LogP contribution in [-0.2, 0) is 11.2 Å². The van der Waals surface area contributed by atoms with E-state index in [0.717, 1.165) is 0 Å². The van der Waals surface area contributed by atoms with Crippen LogP contribution >= 0.6 is 0 Å². The number of nitrogen functional groups attached to an aromatic ring is 1. The van der Waals surface area contributed by atoms with Gasteiger partial charge in [-0.05, 0) is 35.6 Å². The summed E-state index contributed by atoms with van der Waals surface area (Å²) in [5.74, 6) is -0.984. The highest BCUT2D eigenvalue weighted by Crippen LogP contribution is 2.12. The van der Waals surface area contributed by atoms with Gasteiger partial charge in [-0.1, -0.05) is 0 Å². The molecule has 1 rings (SSSR count). The van der Waals surface area contributed by atoms with Gasteiger partial charge >= 0.3 is 13.1 Å². The van der Waals surface area contributed by atoms with Crippen LogP contribution in [0, 0.1) is 6.92 Å². The first-order valence-corrected chi connectivity index (χ1v) is 4.38. The van der Waals surface area contributed by atoms with Crippen molar-refractivity contribution in [1.82, 2.24) is 0 Å². The van der Waals surface area contributed by atoms with E-state index < -0.39 is 13.1 Å². The van der Waals surface area contributed by atoms with Crippen LogP contribution < -0.4 is 11.2 Å². The molecule has 0 saturated heterocycles. The Bertz CT molecular complexity index is 392. The topological polar surface area (TPSA) is 104 Å². The molecular formula is C9H12BNO4. The van der Waals surface area contributed by atoms with Crippen molar-refractivity contribution < 1.29 is 19.9 Å². The van der Waals surface area contributed by atoms with E-state index >= 15 is 0 Å². The average Bonchev–Trinajstić information content (AvgIpc) is 2.09. The largest absolute Gasteiger partial charge is 0.488 e. The molecule has 0 amide bonds. The zero-order valence-corrected chi connectivity index (χ0v) is 8.27. The summed E-state index contributed by atoms with van der Waals surface area (Å²) >= 11 is 0. The van der Waals surface area contributed by atoms with Crippen molar-refractivity contribution in [3.05, 3.63) is 23.3 Å². The van der Waals surface area contributed by atoms with Crippen LogP contribution in [0.4, 0.5) is 5.69 Å². The molecule has 0 aliphatic rings. The number of anilines is 1. The molecular weight excluding hydrogens is 197 g/mol. The maximum Gasteiger partial charge on any atom is 0.488 e. The van der Waals surface area contributed by atoms with Crippen LogP contribution in [0.2, 0.25) is 0 Å². The standard InChI is InChI=1S/C9H12BNO4/c1-5-6(3-9(12)13)2-7(11)4-8(5)10(14)15/h2,4,14-15H,3,11H2,1H3,(H,12,13). The number of carboxylic acids is 1. The normalized spacial score (nSPS) is 10.1. The molecule has 0 aliphatic carbocycles. The molecule has 0 unspecified atom stereocenters. The fourth-order valence-corrected chi connectivity index (χ4v) is 1.44. The van der Waals surface area contributed by atoms with Gasteiger partial charge in [0.25, 0.3) is 0 Å². The van der Waals surface area contributed by atoms with Crippen LogP contribution in [0.3, 0.4) is 0 Å². The number of rotatable bonds is 3. The highest BCUT2D eigenvalue weighted by molar-refractivity contribution is 6.59. The van der Waals surface area contributed by atoms with Gasteiger partial charge in [-0.25, -0.2) is 0 Å². The quantitative estimate of drug-likeness (QED) is 0.373. The van der Waals surface area contributed by atoms with Gasteiger partial charge in [-0.2, -0.15) is 0 Å². The highest BCUT2D eigenvalue weighted by atomic mass is 16.4. The molecule has 0 spiro atoms. The van der Waals surface area contributed by atoms with Crippen LogP contribution in [0.15, 0.2) is 12.1 Å². The Kier molecular flexibility index (Phi) is 3.33. The van der Waals surface area contributed by atoms with Gasteiger partial charge < -0.3 is 20.9 Å². The van der Waals surface area contributed by atoms with Gasteiger partial charge in [-0.15, -0.1) is 0 Å². The Hall–Kier alpha value is -1.53. The number of hydrogen-bond acceptors (Lipinski definition) is 4. The zero-order chi connectivity index (χ0) is 11.6. The van der Waals surface area contributed by atoms with Crippen LogP contribution in [0.5, 0.6) is 0 Å². The van der Waals surface area contributed by atoms with E-state index in [0.29, 0.717) is 16.8 Å². The molecule has 1 aromatic rings. The molecule has 0 atom stereocenters. The second-order valence-electron chi connectivity index (χ2n) is 3.34. The molecule has 0 aromatic heterocycles. The van der Waals surface area contributed by atoms with Crippen molar-refractivity contribution in [3.63, 3.8) is 0 Å². The summed E-state index contributed by atoms with van der Waals surface area (Å²) in [7, 11) is -1.64. The molecule has 0 bridgehead atoms. The summed E-state index contributed by atoms with van der Waals surface area (Å²) < 4.78 is 0. The molecule has 80 valence electrons. The molecule has 0 fully saturated rings. The molecule has 0 saturated carbocycles. The zero-order valence-electron chi connectivity index (χ0n) is 8.27. The summed E-state index contributed by atoms with van der Waals surface area (Å²) in [6.45, 7) is 1.63. The van der Waals surface area contributed by atoms with E-state index in [1.165, 1.54) is 12.1 Å². The summed E-state index contributed by atoms with van der Waals surface area (Å²) in [4.78, 5) is 10.5. The Balaban J connectivity index is 3.21. The minimum absolute atomic E-state index is 0.184. The maximum atomic E-state index is 10.5. The Morgan fingerprint density at radius 3 is 2.53 bits per heavy atom. The Morgan fingerprint density at radius 1 is 1.47 bits per heavy atom. The molecule has 0 aliphatic heterocycles. The monoisotopic (exact) mass is 209 g/mol. The van der Waals surface area contributed by atoms with E-state index in [1.807, 2.05) is 0 Å². The van der Waals surface area contributed by atoms with Crippen molar-refractivity contribution in [2.24, 2.45) is 0 Å². The molecule has 1 aromatic carbocycles. The van der Waals surface area contributed by atoms with Crippen LogP contribution in [0.25, 0.3) is 0 Å². The third-order valence-corrected chi connectivity index (χ3v) is 2.20. The van der Waals surface area contributed by atoms with Crippen LogP contribution in [0.1, 0.15) is 11.1 Å². The van der Waals surface area contributed by atoms with E-state index in [1.54, 1.807) is 6.92 Å². The first kappa shape index (κ1) is 11.5. The predicted molar refractivity (Wildman–Crippen MR) is 56.8 cm³/mol. The first-order chi connectivity index (χ1) is 6.91. The second kappa shape index (κ2) is 4.33. The van der Waals surface area contributed by atoms with Crippen molar-refractivity contribution >= 4 is 24.2 Å². The van der Waals surface area contributed by atoms with Gasteiger partial charge in [0.05, 0.1) is 6.42 Å².